The third-order valence-corrected chi connectivity index (χ3v) is 3.36. The Morgan fingerprint density at radius 1 is 1.55 bits per heavy atom. The molecule has 1 N–H and O–H groups in total. The average Bonchev–Trinajstić information content (AvgIpc) is 2.95. The minimum absolute atomic E-state index is 0.178. The first-order valence-corrected chi connectivity index (χ1v) is 7.48. The Bertz CT molecular complexity index is 422. The Morgan fingerprint density at radius 2 is 2.30 bits per heavy atom. The summed E-state index contributed by atoms with van der Waals surface area (Å²) in [5, 5.41) is 10.6. The highest BCUT2D eigenvalue weighted by Gasteiger charge is 2.22. The number of nitrogens with zero attached hydrogens (tertiary/aromatic N) is 2. The van der Waals surface area contributed by atoms with Crippen LogP contribution in [0, 0.1) is 5.92 Å². The molecule has 0 aliphatic rings. The number of aliphatic carboxylic acids is 1. The van der Waals surface area contributed by atoms with E-state index in [2.05, 4.69) is 4.98 Å². The summed E-state index contributed by atoms with van der Waals surface area (Å²) >= 11 is 1.34. The van der Waals surface area contributed by atoms with Crippen molar-refractivity contribution in [1.82, 2.24) is 9.88 Å². The molecule has 1 rings (SSSR count). The fourth-order valence-electron chi connectivity index (χ4n) is 1.67. The second kappa shape index (κ2) is 8.65. The number of carboxylic acids is 1. The van der Waals surface area contributed by atoms with E-state index >= 15 is 0 Å². The molecule has 1 atom stereocenters. The lowest BCUT2D eigenvalue weighted by molar-refractivity contribution is -0.141. The van der Waals surface area contributed by atoms with Crippen LogP contribution in [0.3, 0.4) is 0 Å². The predicted octanol–water partition coefficient (Wildman–Crippen LogP) is 1.73. The molecular formula is C13H20N2O4S. The van der Waals surface area contributed by atoms with Crippen molar-refractivity contribution in [2.45, 2.75) is 20.3 Å². The molecule has 0 spiro atoms. The molecule has 7 heteroatoms. The largest absolute Gasteiger partial charge is 0.481 e. The van der Waals surface area contributed by atoms with E-state index in [0.29, 0.717) is 31.9 Å². The van der Waals surface area contributed by atoms with Crippen molar-refractivity contribution < 1.29 is 19.4 Å². The number of ether oxygens (including phenoxy) is 1. The highest BCUT2D eigenvalue weighted by molar-refractivity contribution is 7.07. The Kier molecular flexibility index (Phi) is 7.17. The molecule has 0 saturated heterocycles. The summed E-state index contributed by atoms with van der Waals surface area (Å²) in [5.41, 5.74) is 1.95. The van der Waals surface area contributed by atoms with E-state index in [0.717, 1.165) is 0 Å². The molecule has 0 radical (unpaired) electrons. The van der Waals surface area contributed by atoms with E-state index in [1.807, 2.05) is 6.92 Å². The van der Waals surface area contributed by atoms with Gasteiger partial charge in [0, 0.05) is 31.7 Å². The van der Waals surface area contributed by atoms with Crippen LogP contribution in [0.4, 0.5) is 0 Å². The van der Waals surface area contributed by atoms with Crippen LogP contribution < -0.4 is 0 Å². The number of carbonyl (C=O) groups excluding carboxylic acids is 1. The molecule has 0 aliphatic carbocycles. The number of aromatic nitrogens is 1. The zero-order chi connectivity index (χ0) is 15.0. The molecular weight excluding hydrogens is 280 g/mol. The normalized spacial score (nSPS) is 12.1. The van der Waals surface area contributed by atoms with Gasteiger partial charge in [0.25, 0.3) is 5.91 Å². The zero-order valence-electron chi connectivity index (χ0n) is 11.7. The van der Waals surface area contributed by atoms with Crippen molar-refractivity contribution in [2.75, 3.05) is 26.3 Å². The first-order valence-electron chi connectivity index (χ1n) is 6.54. The molecule has 20 heavy (non-hydrogen) atoms. The summed E-state index contributed by atoms with van der Waals surface area (Å²) in [6.07, 6.45) is 0.677. The van der Waals surface area contributed by atoms with E-state index in [-0.39, 0.29) is 12.5 Å². The lowest BCUT2D eigenvalue weighted by Gasteiger charge is -2.23. The van der Waals surface area contributed by atoms with Crippen molar-refractivity contribution in [1.29, 1.82) is 0 Å². The monoisotopic (exact) mass is 300 g/mol. The summed E-state index contributed by atoms with van der Waals surface area (Å²) in [5.74, 6) is -1.74. The van der Waals surface area contributed by atoms with Crippen molar-refractivity contribution in [2.24, 2.45) is 5.92 Å². The van der Waals surface area contributed by atoms with Gasteiger partial charge in [-0.25, -0.2) is 4.98 Å². The molecule has 0 saturated carbocycles. The summed E-state index contributed by atoms with van der Waals surface area (Å²) in [6, 6.07) is 0. The van der Waals surface area contributed by atoms with Crippen LogP contribution in [0.25, 0.3) is 0 Å². The molecule has 1 aromatic heterocycles. The molecule has 0 bridgehead atoms. The molecule has 0 aliphatic heterocycles. The summed E-state index contributed by atoms with van der Waals surface area (Å²) in [6.45, 7) is 5.33. The minimum atomic E-state index is -0.911. The fourth-order valence-corrected chi connectivity index (χ4v) is 2.19. The fraction of sp³-hybridized carbons (Fsp3) is 0.615. The number of thiazole rings is 1. The van der Waals surface area contributed by atoms with Crippen molar-refractivity contribution in [3.63, 3.8) is 0 Å². The van der Waals surface area contributed by atoms with Gasteiger partial charge in [0.15, 0.2) is 0 Å². The number of amides is 1. The second-order valence-corrected chi connectivity index (χ2v) is 5.13. The number of hydrogen-bond acceptors (Lipinski definition) is 5. The van der Waals surface area contributed by atoms with E-state index in [1.165, 1.54) is 16.2 Å². The second-order valence-electron chi connectivity index (χ2n) is 4.41. The molecule has 1 unspecified atom stereocenters. The molecule has 6 nitrogen and oxygen atoms in total. The quantitative estimate of drug-likeness (QED) is 0.703. The lowest BCUT2D eigenvalue weighted by Crippen LogP contribution is -2.38. The van der Waals surface area contributed by atoms with Gasteiger partial charge in [-0.1, -0.05) is 6.92 Å². The van der Waals surface area contributed by atoms with Gasteiger partial charge in [0.05, 0.1) is 11.4 Å². The maximum atomic E-state index is 12.3. The summed E-state index contributed by atoms with van der Waals surface area (Å²) in [7, 11) is 0. The van der Waals surface area contributed by atoms with Crippen LogP contribution in [0.2, 0.25) is 0 Å². The lowest BCUT2D eigenvalue weighted by atomic mass is 10.1. The number of hydrogen-bond donors (Lipinski definition) is 1. The van der Waals surface area contributed by atoms with Gasteiger partial charge in [-0.05, 0) is 13.3 Å². The smallest absolute Gasteiger partial charge is 0.308 e. The van der Waals surface area contributed by atoms with Crippen LogP contribution in [-0.2, 0) is 9.53 Å². The van der Waals surface area contributed by atoms with Gasteiger partial charge in [-0.2, -0.15) is 0 Å². The molecule has 1 amide bonds. The Hall–Kier alpha value is -1.47. The average molecular weight is 300 g/mol. The van der Waals surface area contributed by atoms with Gasteiger partial charge in [0.1, 0.15) is 5.69 Å². The maximum absolute atomic E-state index is 12.3. The van der Waals surface area contributed by atoms with Gasteiger partial charge >= 0.3 is 5.97 Å². The van der Waals surface area contributed by atoms with E-state index < -0.39 is 11.9 Å². The number of carbonyl (C=O) groups is 2. The number of rotatable bonds is 9. The van der Waals surface area contributed by atoms with Gasteiger partial charge in [-0.3, -0.25) is 9.59 Å². The molecule has 0 fully saturated rings. The Balaban J connectivity index is 2.63. The maximum Gasteiger partial charge on any atom is 0.308 e. The topological polar surface area (TPSA) is 79.7 Å². The summed E-state index contributed by atoms with van der Waals surface area (Å²) < 4.78 is 5.24. The zero-order valence-corrected chi connectivity index (χ0v) is 12.6. The molecule has 1 aromatic rings. The Labute approximate surface area is 122 Å². The third-order valence-electron chi connectivity index (χ3n) is 2.78. The van der Waals surface area contributed by atoms with E-state index in [9.17, 15) is 9.59 Å². The van der Waals surface area contributed by atoms with Gasteiger partial charge in [-0.15, -0.1) is 11.3 Å². The van der Waals surface area contributed by atoms with Crippen LogP contribution >= 0.6 is 11.3 Å². The van der Waals surface area contributed by atoms with Crippen molar-refractivity contribution in [3.05, 3.63) is 16.6 Å². The minimum Gasteiger partial charge on any atom is -0.481 e. The highest BCUT2D eigenvalue weighted by Crippen LogP contribution is 2.09. The van der Waals surface area contributed by atoms with Crippen LogP contribution in [0.5, 0.6) is 0 Å². The first kappa shape index (κ1) is 16.6. The SMILES string of the molecule is CCOCCCN(CC(C)C(=O)O)C(=O)c1cscn1. The summed E-state index contributed by atoms with van der Waals surface area (Å²) in [4.78, 5) is 28.7. The van der Waals surface area contributed by atoms with E-state index in [4.69, 9.17) is 9.84 Å². The third kappa shape index (κ3) is 5.26. The van der Waals surface area contributed by atoms with Crippen molar-refractivity contribution in [3.8, 4) is 0 Å². The molecule has 1 heterocycles. The van der Waals surface area contributed by atoms with Crippen LogP contribution in [0.1, 0.15) is 30.8 Å². The molecule has 0 aromatic carbocycles. The highest BCUT2D eigenvalue weighted by atomic mass is 32.1. The van der Waals surface area contributed by atoms with E-state index in [1.54, 1.807) is 17.8 Å². The van der Waals surface area contributed by atoms with Crippen LogP contribution in [-0.4, -0.2) is 53.2 Å². The van der Waals surface area contributed by atoms with Gasteiger partial charge in [0.2, 0.25) is 0 Å². The first-order chi connectivity index (χ1) is 9.56. The van der Waals surface area contributed by atoms with Crippen LogP contribution in [0.15, 0.2) is 10.9 Å². The Morgan fingerprint density at radius 3 is 2.85 bits per heavy atom. The number of carboxylic acid groups (broad SMARTS) is 1. The van der Waals surface area contributed by atoms with Crippen molar-refractivity contribution >= 4 is 23.2 Å². The molecule has 112 valence electrons. The predicted molar refractivity (Wildman–Crippen MR) is 75.9 cm³/mol. The van der Waals surface area contributed by atoms with Gasteiger partial charge < -0.3 is 14.7 Å². The standard InChI is InChI=1S/C13H20N2O4S/c1-3-19-6-4-5-15(7-10(2)13(17)18)12(16)11-8-20-9-14-11/h8-10H,3-7H2,1-2H3,(H,17,18).